The molecule has 1 heterocycles. The Morgan fingerprint density at radius 1 is 0.905 bits per heavy atom. The first-order valence-corrected chi connectivity index (χ1v) is 8.01. The number of rotatable bonds is 3. The Balaban J connectivity index is 2.12. The van der Waals surface area contributed by atoms with Crippen molar-refractivity contribution in [2.45, 2.75) is 10.6 Å². The van der Waals surface area contributed by atoms with E-state index >= 15 is 0 Å². The molecule has 4 nitrogen and oxygen atoms in total. The molecular weight excluding hydrogens is 288 g/mol. The van der Waals surface area contributed by atoms with Gasteiger partial charge in [0.25, 0.3) is 0 Å². The minimum atomic E-state index is -3.50. The summed E-state index contributed by atoms with van der Waals surface area (Å²) in [5.41, 5.74) is 0.293. The van der Waals surface area contributed by atoms with Gasteiger partial charge in [0.1, 0.15) is 5.58 Å². The lowest BCUT2D eigenvalue weighted by Gasteiger charge is -2.07. The number of sulfone groups is 1. The first-order valence-electron chi connectivity index (χ1n) is 6.36. The van der Waals surface area contributed by atoms with Gasteiger partial charge in [-0.15, -0.1) is 0 Å². The Morgan fingerprint density at radius 2 is 1.57 bits per heavy atom. The lowest BCUT2D eigenvalue weighted by molar-refractivity contribution is 0.559. The van der Waals surface area contributed by atoms with Crippen LogP contribution < -0.4 is 5.63 Å². The maximum absolute atomic E-state index is 12.4. The largest absolute Gasteiger partial charge is 0.423 e. The average molecular weight is 300 g/mol. The van der Waals surface area contributed by atoms with E-state index in [2.05, 4.69) is 0 Å². The average Bonchev–Trinajstić information content (AvgIpc) is 2.47. The van der Waals surface area contributed by atoms with Gasteiger partial charge in [0.05, 0.1) is 10.6 Å². The molecule has 3 aromatic rings. The zero-order valence-corrected chi connectivity index (χ0v) is 11.8. The fourth-order valence-corrected chi connectivity index (χ4v) is 3.60. The summed E-state index contributed by atoms with van der Waals surface area (Å²) < 4.78 is 29.9. The van der Waals surface area contributed by atoms with Gasteiger partial charge in [0, 0.05) is 11.5 Å². The molecule has 0 N–H and O–H groups in total. The minimum Gasteiger partial charge on any atom is -0.423 e. The molecule has 0 unspecified atom stereocenters. The van der Waals surface area contributed by atoms with Crippen LogP contribution in [0.3, 0.4) is 0 Å². The molecule has 5 heteroatoms. The molecule has 0 fully saturated rings. The van der Waals surface area contributed by atoms with Crippen molar-refractivity contribution in [3.8, 4) is 0 Å². The lowest BCUT2D eigenvalue weighted by atomic mass is 10.1. The molecule has 3 rings (SSSR count). The van der Waals surface area contributed by atoms with Crippen molar-refractivity contribution in [3.63, 3.8) is 0 Å². The van der Waals surface area contributed by atoms with Crippen molar-refractivity contribution in [2.24, 2.45) is 0 Å². The molecular formula is C16H12O4S. The number of hydrogen-bond acceptors (Lipinski definition) is 4. The van der Waals surface area contributed by atoms with Crippen LogP contribution in [-0.4, -0.2) is 8.42 Å². The van der Waals surface area contributed by atoms with Crippen LogP contribution in [0.15, 0.2) is 74.8 Å². The Kier molecular flexibility index (Phi) is 3.35. The van der Waals surface area contributed by atoms with E-state index in [1.54, 1.807) is 54.6 Å². The third kappa shape index (κ3) is 2.73. The van der Waals surface area contributed by atoms with Crippen LogP contribution in [0, 0.1) is 0 Å². The number of fused-ring (bicyclic) bond motifs is 1. The van der Waals surface area contributed by atoms with Gasteiger partial charge < -0.3 is 4.42 Å². The summed E-state index contributed by atoms with van der Waals surface area (Å²) in [5, 5.41) is 0.636. The molecule has 0 spiro atoms. The number of para-hydroxylation sites is 1. The van der Waals surface area contributed by atoms with Crippen LogP contribution in [0.1, 0.15) is 5.56 Å². The van der Waals surface area contributed by atoms with Crippen LogP contribution in [0.4, 0.5) is 0 Å². The normalized spacial score (nSPS) is 11.6. The molecule has 0 bridgehead atoms. The number of hydrogen-bond donors (Lipinski definition) is 0. The van der Waals surface area contributed by atoms with Gasteiger partial charge in [0.2, 0.25) is 0 Å². The summed E-state index contributed by atoms with van der Waals surface area (Å²) in [6.07, 6.45) is 0. The second-order valence-electron chi connectivity index (χ2n) is 4.66. The first kappa shape index (κ1) is 13.6. The first-order chi connectivity index (χ1) is 10.1. The van der Waals surface area contributed by atoms with E-state index in [0.29, 0.717) is 16.5 Å². The SMILES string of the molecule is O=c1cc(CS(=O)(=O)c2ccccc2)c2ccccc2o1. The van der Waals surface area contributed by atoms with Gasteiger partial charge in [-0.05, 0) is 23.8 Å². The van der Waals surface area contributed by atoms with E-state index < -0.39 is 15.5 Å². The molecule has 0 atom stereocenters. The van der Waals surface area contributed by atoms with Gasteiger partial charge in [-0.2, -0.15) is 0 Å². The van der Waals surface area contributed by atoms with Crippen molar-refractivity contribution < 1.29 is 12.8 Å². The molecule has 0 aliphatic carbocycles. The summed E-state index contributed by atoms with van der Waals surface area (Å²) in [6.45, 7) is 0. The minimum absolute atomic E-state index is 0.233. The zero-order valence-electron chi connectivity index (χ0n) is 11.0. The molecule has 0 amide bonds. The zero-order chi connectivity index (χ0) is 14.9. The molecule has 0 aliphatic rings. The predicted octanol–water partition coefficient (Wildman–Crippen LogP) is 2.77. The monoisotopic (exact) mass is 300 g/mol. The highest BCUT2D eigenvalue weighted by atomic mass is 32.2. The Hall–Kier alpha value is -2.40. The van der Waals surface area contributed by atoms with Crippen LogP contribution in [0.25, 0.3) is 11.0 Å². The Bertz CT molecular complexity index is 941. The molecule has 0 saturated heterocycles. The van der Waals surface area contributed by atoms with Crippen LogP contribution in [0.2, 0.25) is 0 Å². The van der Waals surface area contributed by atoms with Crippen molar-refractivity contribution in [1.29, 1.82) is 0 Å². The lowest BCUT2D eigenvalue weighted by Crippen LogP contribution is -2.08. The van der Waals surface area contributed by atoms with Gasteiger partial charge in [-0.1, -0.05) is 36.4 Å². The van der Waals surface area contributed by atoms with Gasteiger partial charge in [0.15, 0.2) is 9.84 Å². The maximum atomic E-state index is 12.4. The van der Waals surface area contributed by atoms with E-state index in [-0.39, 0.29) is 10.6 Å². The van der Waals surface area contributed by atoms with Gasteiger partial charge >= 0.3 is 5.63 Å². The van der Waals surface area contributed by atoms with Crippen molar-refractivity contribution in [2.75, 3.05) is 0 Å². The molecule has 1 aromatic heterocycles. The Labute approximate surface area is 121 Å². The molecule has 2 aromatic carbocycles. The summed E-state index contributed by atoms with van der Waals surface area (Å²) in [6, 6.07) is 16.3. The summed E-state index contributed by atoms with van der Waals surface area (Å²) >= 11 is 0. The summed E-state index contributed by atoms with van der Waals surface area (Å²) in [7, 11) is -3.50. The van der Waals surface area contributed by atoms with Crippen LogP contribution in [0.5, 0.6) is 0 Å². The molecule has 0 saturated carbocycles. The van der Waals surface area contributed by atoms with Crippen molar-refractivity contribution in [3.05, 3.63) is 76.6 Å². The van der Waals surface area contributed by atoms with Crippen molar-refractivity contribution >= 4 is 20.8 Å². The number of benzene rings is 2. The van der Waals surface area contributed by atoms with Gasteiger partial charge in [-0.3, -0.25) is 0 Å². The molecule has 0 aliphatic heterocycles. The fourth-order valence-electron chi connectivity index (χ4n) is 2.21. The van der Waals surface area contributed by atoms with E-state index in [1.165, 1.54) is 6.07 Å². The second kappa shape index (κ2) is 5.18. The predicted molar refractivity (Wildman–Crippen MR) is 79.8 cm³/mol. The molecule has 21 heavy (non-hydrogen) atoms. The van der Waals surface area contributed by atoms with Crippen LogP contribution >= 0.6 is 0 Å². The highest BCUT2D eigenvalue weighted by molar-refractivity contribution is 7.90. The van der Waals surface area contributed by atoms with Gasteiger partial charge in [-0.25, -0.2) is 13.2 Å². The third-order valence-electron chi connectivity index (χ3n) is 3.18. The van der Waals surface area contributed by atoms with E-state index in [4.69, 9.17) is 4.42 Å². The Morgan fingerprint density at radius 3 is 2.33 bits per heavy atom. The summed E-state index contributed by atoms with van der Waals surface area (Å²) in [5.74, 6) is -0.233. The maximum Gasteiger partial charge on any atom is 0.336 e. The van der Waals surface area contributed by atoms with Crippen LogP contribution in [-0.2, 0) is 15.6 Å². The van der Waals surface area contributed by atoms with E-state index in [9.17, 15) is 13.2 Å². The highest BCUT2D eigenvalue weighted by Crippen LogP contribution is 2.22. The molecule has 106 valence electrons. The van der Waals surface area contributed by atoms with Crippen molar-refractivity contribution in [1.82, 2.24) is 0 Å². The van der Waals surface area contributed by atoms with E-state index in [0.717, 1.165) is 0 Å². The quantitative estimate of drug-likeness (QED) is 0.698. The molecule has 0 radical (unpaired) electrons. The summed E-state index contributed by atoms with van der Waals surface area (Å²) in [4.78, 5) is 11.8. The second-order valence-corrected chi connectivity index (χ2v) is 6.65. The van der Waals surface area contributed by atoms with E-state index in [1.807, 2.05) is 0 Å². The third-order valence-corrected chi connectivity index (χ3v) is 4.86. The standard InChI is InChI=1S/C16H12O4S/c17-16-10-12(14-8-4-5-9-15(14)20-16)11-21(18,19)13-6-2-1-3-7-13/h1-10H,11H2. The fraction of sp³-hybridized carbons (Fsp3) is 0.0625. The highest BCUT2D eigenvalue weighted by Gasteiger charge is 2.17. The smallest absolute Gasteiger partial charge is 0.336 e. The topological polar surface area (TPSA) is 64.3 Å².